The van der Waals surface area contributed by atoms with Crippen molar-refractivity contribution in [3.05, 3.63) is 60.2 Å². The Morgan fingerprint density at radius 3 is 2.71 bits per heavy atom. The molecule has 2 N–H and O–H groups in total. The highest BCUT2D eigenvalue weighted by Crippen LogP contribution is 2.18. The fourth-order valence-corrected chi connectivity index (χ4v) is 3.83. The van der Waals surface area contributed by atoms with Gasteiger partial charge in [0.2, 0.25) is 5.91 Å². The number of hydrogen-bond donors (Lipinski definition) is 2. The predicted octanol–water partition coefficient (Wildman–Crippen LogP) is 3.52. The van der Waals surface area contributed by atoms with Gasteiger partial charge in [-0.2, -0.15) is 11.8 Å². The number of hydrogen-bond acceptors (Lipinski definition) is 4. The second-order valence-electron chi connectivity index (χ2n) is 6.69. The number of fused-ring (bicyclic) bond motifs is 2. The third-order valence-corrected chi connectivity index (χ3v) is 5.21. The Labute approximate surface area is 167 Å². The van der Waals surface area contributed by atoms with Gasteiger partial charge in [-0.3, -0.25) is 4.79 Å². The molecular formula is C21H23N5OS. The summed E-state index contributed by atoms with van der Waals surface area (Å²) in [5, 5.41) is 3.02. The Morgan fingerprint density at radius 1 is 1.11 bits per heavy atom. The average molecular weight is 394 g/mol. The molecule has 0 atom stereocenters. The zero-order chi connectivity index (χ0) is 19.3. The molecular weight excluding hydrogens is 370 g/mol. The van der Waals surface area contributed by atoms with E-state index in [9.17, 15) is 4.79 Å². The van der Waals surface area contributed by atoms with E-state index in [4.69, 9.17) is 0 Å². The number of amides is 1. The Bertz CT molecular complexity index is 1070. The second-order valence-corrected chi connectivity index (χ2v) is 7.56. The minimum Gasteiger partial charge on any atom is -0.355 e. The summed E-state index contributed by atoms with van der Waals surface area (Å²) in [5.41, 5.74) is 3.97. The van der Waals surface area contributed by atoms with Crippen LogP contribution in [0.15, 0.2) is 48.5 Å². The number of H-pyrrole nitrogens is 1. The average Bonchev–Trinajstić information content (AvgIpc) is 3.27. The van der Waals surface area contributed by atoms with Crippen LogP contribution in [-0.4, -0.2) is 38.2 Å². The van der Waals surface area contributed by atoms with Crippen molar-refractivity contribution < 1.29 is 4.79 Å². The molecule has 0 fully saturated rings. The zero-order valence-electron chi connectivity index (χ0n) is 15.8. The molecule has 0 aliphatic carbocycles. The molecule has 6 nitrogen and oxygen atoms in total. The molecule has 0 bridgehead atoms. The van der Waals surface area contributed by atoms with Gasteiger partial charge in [-0.05, 0) is 36.9 Å². The van der Waals surface area contributed by atoms with Crippen molar-refractivity contribution >= 4 is 39.7 Å². The first kappa shape index (κ1) is 18.6. The van der Waals surface area contributed by atoms with Crippen molar-refractivity contribution in [3.8, 4) is 0 Å². The highest BCUT2D eigenvalue weighted by atomic mass is 32.2. The number of nitrogens with zero attached hydrogens (tertiary/aromatic N) is 3. The molecule has 0 aliphatic rings. The summed E-state index contributed by atoms with van der Waals surface area (Å²) in [5.74, 6) is 2.69. The van der Waals surface area contributed by atoms with E-state index in [1.165, 1.54) is 0 Å². The lowest BCUT2D eigenvalue weighted by Crippen LogP contribution is -2.29. The fraction of sp³-hybridized carbons (Fsp3) is 0.286. The molecule has 0 saturated heterocycles. The summed E-state index contributed by atoms with van der Waals surface area (Å²) in [6.07, 6.45) is 3.69. The molecule has 2 aromatic carbocycles. The van der Waals surface area contributed by atoms with E-state index in [-0.39, 0.29) is 5.91 Å². The van der Waals surface area contributed by atoms with E-state index in [0.717, 1.165) is 52.3 Å². The molecule has 0 spiro atoms. The van der Waals surface area contributed by atoms with Crippen LogP contribution in [0.5, 0.6) is 0 Å². The number of benzene rings is 2. The van der Waals surface area contributed by atoms with Crippen molar-refractivity contribution in [1.29, 1.82) is 0 Å². The maximum absolute atomic E-state index is 12.5. The predicted molar refractivity (Wildman–Crippen MR) is 114 cm³/mol. The van der Waals surface area contributed by atoms with E-state index in [1.807, 2.05) is 59.4 Å². The molecule has 0 radical (unpaired) electrons. The maximum atomic E-state index is 12.5. The zero-order valence-corrected chi connectivity index (χ0v) is 16.6. The Kier molecular flexibility index (Phi) is 5.62. The van der Waals surface area contributed by atoms with Gasteiger partial charge in [0.25, 0.3) is 0 Å². The monoisotopic (exact) mass is 393 g/mol. The van der Waals surface area contributed by atoms with Gasteiger partial charge in [-0.15, -0.1) is 0 Å². The molecule has 2 heterocycles. The lowest BCUT2D eigenvalue weighted by molar-refractivity contribution is -0.121. The summed E-state index contributed by atoms with van der Waals surface area (Å²) in [6.45, 7) is 0.918. The van der Waals surface area contributed by atoms with Crippen molar-refractivity contribution in [2.75, 3.05) is 12.8 Å². The number of aromatic nitrogens is 4. The summed E-state index contributed by atoms with van der Waals surface area (Å²) in [7, 11) is 0. The molecule has 4 aromatic rings. The van der Waals surface area contributed by atoms with Gasteiger partial charge in [0.1, 0.15) is 18.2 Å². The number of imidazole rings is 2. The van der Waals surface area contributed by atoms with Gasteiger partial charge in [0.15, 0.2) is 0 Å². The molecule has 0 unspecified atom stereocenters. The van der Waals surface area contributed by atoms with E-state index in [1.54, 1.807) is 11.8 Å². The Morgan fingerprint density at radius 2 is 1.89 bits per heavy atom. The van der Waals surface area contributed by atoms with Gasteiger partial charge < -0.3 is 14.9 Å². The van der Waals surface area contributed by atoms with Crippen LogP contribution >= 0.6 is 11.8 Å². The summed E-state index contributed by atoms with van der Waals surface area (Å²) >= 11 is 1.71. The number of aromatic amines is 1. The smallest absolute Gasteiger partial charge is 0.240 e. The van der Waals surface area contributed by atoms with E-state index < -0.39 is 0 Å². The van der Waals surface area contributed by atoms with Crippen LogP contribution in [0, 0.1) is 0 Å². The van der Waals surface area contributed by atoms with Gasteiger partial charge in [-0.1, -0.05) is 24.3 Å². The topological polar surface area (TPSA) is 75.6 Å². The number of para-hydroxylation sites is 4. The molecule has 1 amide bonds. The number of carbonyl (C=O) groups excluding carboxylic acids is 1. The lowest BCUT2D eigenvalue weighted by Gasteiger charge is -2.09. The molecule has 4 rings (SSSR count). The van der Waals surface area contributed by atoms with E-state index in [2.05, 4.69) is 20.3 Å². The fourth-order valence-electron chi connectivity index (χ4n) is 3.35. The van der Waals surface area contributed by atoms with Crippen molar-refractivity contribution in [2.45, 2.75) is 25.1 Å². The number of carbonyl (C=O) groups is 1. The minimum atomic E-state index is 0.00936. The molecule has 0 saturated carbocycles. The third kappa shape index (κ3) is 4.04. The van der Waals surface area contributed by atoms with E-state index >= 15 is 0 Å². The van der Waals surface area contributed by atoms with Crippen molar-refractivity contribution in [3.63, 3.8) is 0 Å². The number of thioether (sulfide) groups is 1. The quantitative estimate of drug-likeness (QED) is 0.449. The molecule has 2 aromatic heterocycles. The van der Waals surface area contributed by atoms with Gasteiger partial charge >= 0.3 is 0 Å². The SMILES string of the molecule is CSCc1nc2ccccc2n1CC(=O)NCCCc1nc2ccccc2[nH]1. The molecule has 28 heavy (non-hydrogen) atoms. The van der Waals surface area contributed by atoms with Crippen LogP contribution in [0.4, 0.5) is 0 Å². The van der Waals surface area contributed by atoms with Crippen molar-refractivity contribution in [1.82, 2.24) is 24.8 Å². The standard InChI is InChI=1S/C21H23N5OS/c1-28-14-20-25-17-9-4-5-10-18(17)26(20)13-21(27)22-12-6-11-19-23-15-7-2-3-8-16(15)24-19/h2-5,7-10H,6,11-14H2,1H3,(H,22,27)(H,23,24). The van der Waals surface area contributed by atoms with Crippen LogP contribution in [-0.2, 0) is 23.5 Å². The van der Waals surface area contributed by atoms with Crippen LogP contribution in [0.2, 0.25) is 0 Å². The highest BCUT2D eigenvalue weighted by molar-refractivity contribution is 7.97. The van der Waals surface area contributed by atoms with Gasteiger partial charge in [0, 0.05) is 13.0 Å². The lowest BCUT2D eigenvalue weighted by atomic mass is 10.3. The van der Waals surface area contributed by atoms with Gasteiger partial charge in [0.05, 0.1) is 27.8 Å². The maximum Gasteiger partial charge on any atom is 0.240 e. The normalized spacial score (nSPS) is 11.3. The molecule has 7 heteroatoms. The first-order chi connectivity index (χ1) is 13.7. The first-order valence-electron chi connectivity index (χ1n) is 9.38. The van der Waals surface area contributed by atoms with Crippen molar-refractivity contribution in [2.24, 2.45) is 0 Å². The van der Waals surface area contributed by atoms with E-state index in [0.29, 0.717) is 13.1 Å². The number of aryl methyl sites for hydroxylation is 1. The summed E-state index contributed by atoms with van der Waals surface area (Å²) in [6, 6.07) is 16.0. The number of rotatable bonds is 8. The largest absolute Gasteiger partial charge is 0.355 e. The molecule has 144 valence electrons. The van der Waals surface area contributed by atoms with Crippen LogP contribution in [0.1, 0.15) is 18.1 Å². The molecule has 0 aliphatic heterocycles. The Hall–Kier alpha value is -2.80. The Balaban J connectivity index is 1.33. The second kappa shape index (κ2) is 8.48. The summed E-state index contributed by atoms with van der Waals surface area (Å²) < 4.78 is 2.01. The highest BCUT2D eigenvalue weighted by Gasteiger charge is 2.13. The minimum absolute atomic E-state index is 0.00936. The van der Waals surface area contributed by atoms with Crippen LogP contribution in [0.25, 0.3) is 22.1 Å². The summed E-state index contributed by atoms with van der Waals surface area (Å²) in [4.78, 5) is 25.0. The third-order valence-electron chi connectivity index (χ3n) is 4.66. The van der Waals surface area contributed by atoms with Crippen LogP contribution < -0.4 is 5.32 Å². The first-order valence-corrected chi connectivity index (χ1v) is 10.8. The number of nitrogens with one attached hydrogen (secondary N) is 2. The van der Waals surface area contributed by atoms with Crippen LogP contribution in [0.3, 0.4) is 0 Å². The van der Waals surface area contributed by atoms with Gasteiger partial charge in [-0.25, -0.2) is 9.97 Å².